The minimum absolute atomic E-state index is 0.528. The maximum Gasteiger partial charge on any atom is 0.0501 e. The van der Waals surface area contributed by atoms with Crippen LogP contribution in [0.5, 0.6) is 0 Å². The molecule has 2 nitrogen and oxygen atoms in total. The highest BCUT2D eigenvalue weighted by molar-refractivity contribution is 7.84. The van der Waals surface area contributed by atoms with Crippen molar-refractivity contribution in [3.8, 4) is 0 Å². The van der Waals surface area contributed by atoms with Crippen LogP contribution in [-0.2, 0) is 16.6 Å². The molecule has 0 saturated heterocycles. The Kier molecular flexibility index (Phi) is 4.46. The van der Waals surface area contributed by atoms with Crippen molar-refractivity contribution < 1.29 is 4.21 Å². The van der Waals surface area contributed by atoms with Gasteiger partial charge < -0.3 is 5.73 Å². The molecular weight excluding hydrogens is 254 g/mol. The lowest BCUT2D eigenvalue weighted by Gasteiger charge is -2.10. The summed E-state index contributed by atoms with van der Waals surface area (Å²) in [6.07, 6.45) is 5.05. The summed E-state index contributed by atoms with van der Waals surface area (Å²) in [5.41, 5.74) is 7.30. The lowest BCUT2D eigenvalue weighted by atomic mass is 10.1. The summed E-state index contributed by atoms with van der Waals surface area (Å²) < 4.78 is 12.0. The van der Waals surface area contributed by atoms with Crippen molar-refractivity contribution in [1.82, 2.24) is 0 Å². The summed E-state index contributed by atoms with van der Waals surface area (Å²) in [5, 5.41) is 0.666. The van der Waals surface area contributed by atoms with Crippen LogP contribution >= 0.6 is 11.6 Å². The molecule has 1 aromatic carbocycles. The Morgan fingerprint density at radius 1 is 1.35 bits per heavy atom. The smallest absolute Gasteiger partial charge is 0.0501 e. The van der Waals surface area contributed by atoms with E-state index in [-0.39, 0.29) is 0 Å². The Morgan fingerprint density at radius 3 is 2.76 bits per heavy atom. The SMILES string of the molecule is Nc1ccc(Cl)c(CS(=O)CC2CCCC2)c1. The van der Waals surface area contributed by atoms with Gasteiger partial charge in [0.15, 0.2) is 0 Å². The molecular formula is C13H18ClNOS. The molecule has 0 heterocycles. The highest BCUT2D eigenvalue weighted by Gasteiger charge is 2.18. The average Bonchev–Trinajstić information content (AvgIpc) is 2.76. The summed E-state index contributed by atoms with van der Waals surface area (Å²) in [7, 11) is -0.819. The normalized spacial score (nSPS) is 18.4. The molecule has 1 atom stereocenters. The molecule has 2 rings (SSSR count). The van der Waals surface area contributed by atoms with E-state index in [1.807, 2.05) is 6.07 Å². The second-order valence-corrected chi connectivity index (χ2v) is 6.66. The van der Waals surface area contributed by atoms with Crippen LogP contribution in [-0.4, -0.2) is 9.96 Å². The Labute approximate surface area is 110 Å². The van der Waals surface area contributed by atoms with Crippen molar-refractivity contribution in [3.05, 3.63) is 28.8 Å². The van der Waals surface area contributed by atoms with E-state index in [4.69, 9.17) is 17.3 Å². The molecule has 4 heteroatoms. The molecule has 1 aromatic rings. The molecule has 0 aromatic heterocycles. The third kappa shape index (κ3) is 3.71. The van der Waals surface area contributed by atoms with E-state index < -0.39 is 10.8 Å². The molecule has 1 aliphatic carbocycles. The lowest BCUT2D eigenvalue weighted by Crippen LogP contribution is -2.09. The lowest BCUT2D eigenvalue weighted by molar-refractivity contribution is 0.604. The molecule has 17 heavy (non-hydrogen) atoms. The van der Waals surface area contributed by atoms with E-state index >= 15 is 0 Å². The number of rotatable bonds is 4. The number of halogens is 1. The van der Waals surface area contributed by atoms with E-state index in [9.17, 15) is 4.21 Å². The number of benzene rings is 1. The minimum atomic E-state index is -0.819. The van der Waals surface area contributed by atoms with Gasteiger partial charge in [-0.1, -0.05) is 24.4 Å². The van der Waals surface area contributed by atoms with Crippen LogP contribution in [0.2, 0.25) is 5.02 Å². The van der Waals surface area contributed by atoms with Crippen LogP contribution in [0.4, 0.5) is 5.69 Å². The van der Waals surface area contributed by atoms with Crippen molar-refractivity contribution in [2.24, 2.45) is 5.92 Å². The Balaban J connectivity index is 1.95. The summed E-state index contributed by atoms with van der Waals surface area (Å²) in [6, 6.07) is 5.37. The van der Waals surface area contributed by atoms with Crippen molar-refractivity contribution in [1.29, 1.82) is 0 Å². The quantitative estimate of drug-likeness (QED) is 0.854. The minimum Gasteiger partial charge on any atom is -0.399 e. The topological polar surface area (TPSA) is 43.1 Å². The molecule has 0 bridgehead atoms. The van der Waals surface area contributed by atoms with E-state index in [1.165, 1.54) is 25.7 Å². The second-order valence-electron chi connectivity index (χ2n) is 4.75. The van der Waals surface area contributed by atoms with Crippen molar-refractivity contribution >= 4 is 28.1 Å². The predicted octanol–water partition coefficient (Wildman–Crippen LogP) is 3.36. The molecule has 1 unspecified atom stereocenters. The van der Waals surface area contributed by atoms with Gasteiger partial charge in [0.2, 0.25) is 0 Å². The van der Waals surface area contributed by atoms with Gasteiger partial charge in [0.1, 0.15) is 0 Å². The van der Waals surface area contributed by atoms with Gasteiger partial charge in [-0.15, -0.1) is 0 Å². The fourth-order valence-electron chi connectivity index (χ4n) is 2.38. The third-order valence-corrected chi connectivity index (χ3v) is 5.13. The highest BCUT2D eigenvalue weighted by atomic mass is 35.5. The molecule has 0 spiro atoms. The first-order chi connectivity index (χ1) is 8.15. The summed E-state index contributed by atoms with van der Waals surface area (Å²) >= 11 is 6.07. The van der Waals surface area contributed by atoms with E-state index in [2.05, 4.69) is 0 Å². The molecule has 1 fully saturated rings. The molecule has 0 radical (unpaired) electrons. The number of hydrogen-bond acceptors (Lipinski definition) is 2. The number of nitrogen functional groups attached to an aromatic ring is 1. The van der Waals surface area contributed by atoms with Gasteiger partial charge in [-0.3, -0.25) is 4.21 Å². The first-order valence-corrected chi connectivity index (χ1v) is 7.90. The number of nitrogens with two attached hydrogens (primary N) is 1. The molecule has 94 valence electrons. The van der Waals surface area contributed by atoms with Gasteiger partial charge >= 0.3 is 0 Å². The zero-order valence-corrected chi connectivity index (χ0v) is 11.4. The van der Waals surface area contributed by atoms with Gasteiger partial charge in [0.25, 0.3) is 0 Å². The van der Waals surface area contributed by atoms with Crippen LogP contribution in [0.1, 0.15) is 31.2 Å². The summed E-state index contributed by atoms with van der Waals surface area (Å²) in [6.45, 7) is 0. The van der Waals surface area contributed by atoms with Crippen LogP contribution in [0.3, 0.4) is 0 Å². The molecule has 0 aliphatic heterocycles. The second kappa shape index (κ2) is 5.87. The zero-order chi connectivity index (χ0) is 12.3. The molecule has 1 saturated carbocycles. The van der Waals surface area contributed by atoms with Gasteiger partial charge in [0.05, 0.1) is 5.75 Å². The molecule has 1 aliphatic rings. The van der Waals surface area contributed by atoms with Crippen LogP contribution in [0.25, 0.3) is 0 Å². The standard InChI is InChI=1S/C13H18ClNOS/c14-13-6-5-12(15)7-11(13)9-17(16)8-10-3-1-2-4-10/h5-7,10H,1-4,8-9,15H2. The van der Waals surface area contributed by atoms with E-state index in [0.717, 1.165) is 11.3 Å². The van der Waals surface area contributed by atoms with Gasteiger partial charge in [-0.25, -0.2) is 0 Å². The van der Waals surface area contributed by atoms with Crippen molar-refractivity contribution in [2.75, 3.05) is 11.5 Å². The largest absolute Gasteiger partial charge is 0.399 e. The summed E-state index contributed by atoms with van der Waals surface area (Å²) in [4.78, 5) is 0. The van der Waals surface area contributed by atoms with Gasteiger partial charge in [-0.05, 0) is 42.5 Å². The van der Waals surface area contributed by atoms with Crippen molar-refractivity contribution in [2.45, 2.75) is 31.4 Å². The maximum atomic E-state index is 12.0. The monoisotopic (exact) mass is 271 g/mol. The Morgan fingerprint density at radius 2 is 2.06 bits per heavy atom. The Bertz CT molecular complexity index is 416. The van der Waals surface area contributed by atoms with E-state index in [0.29, 0.717) is 22.4 Å². The Hall–Kier alpha value is -0.540. The molecule has 0 amide bonds. The molecule has 2 N–H and O–H groups in total. The summed E-state index contributed by atoms with van der Waals surface area (Å²) in [5.74, 6) is 1.99. The first-order valence-electron chi connectivity index (χ1n) is 6.04. The first kappa shape index (κ1) is 12.9. The van der Waals surface area contributed by atoms with Crippen LogP contribution < -0.4 is 5.73 Å². The predicted molar refractivity (Wildman–Crippen MR) is 74.5 cm³/mol. The average molecular weight is 272 g/mol. The maximum absolute atomic E-state index is 12.0. The van der Waals surface area contributed by atoms with Crippen LogP contribution in [0, 0.1) is 5.92 Å². The van der Waals surface area contributed by atoms with Gasteiger partial charge in [-0.2, -0.15) is 0 Å². The van der Waals surface area contributed by atoms with Gasteiger partial charge in [0, 0.05) is 27.3 Å². The number of anilines is 1. The third-order valence-electron chi connectivity index (χ3n) is 3.28. The van der Waals surface area contributed by atoms with Crippen LogP contribution in [0.15, 0.2) is 18.2 Å². The van der Waals surface area contributed by atoms with Crippen molar-refractivity contribution in [3.63, 3.8) is 0 Å². The fourth-order valence-corrected chi connectivity index (χ4v) is 4.20. The zero-order valence-electron chi connectivity index (χ0n) is 9.82. The fraction of sp³-hybridized carbons (Fsp3) is 0.538. The van der Waals surface area contributed by atoms with E-state index in [1.54, 1.807) is 12.1 Å². The number of hydrogen-bond donors (Lipinski definition) is 1. The highest BCUT2D eigenvalue weighted by Crippen LogP contribution is 2.27.